The first kappa shape index (κ1) is 18.9. The number of halogens is 2. The second kappa shape index (κ2) is 9.14. The number of hydrogen-bond acceptors (Lipinski definition) is 3. The fraction of sp³-hybridized carbons (Fsp3) is 0.350. The number of nitrogens with zero attached hydrogens (tertiary/aromatic N) is 1. The molecule has 1 aliphatic rings. The van der Waals surface area contributed by atoms with Crippen LogP contribution in [0.3, 0.4) is 0 Å². The van der Waals surface area contributed by atoms with E-state index >= 15 is 0 Å². The Morgan fingerprint density at radius 3 is 2.77 bits per heavy atom. The summed E-state index contributed by atoms with van der Waals surface area (Å²) >= 11 is 1.56. The molecule has 1 fully saturated rings. The van der Waals surface area contributed by atoms with Crippen LogP contribution in [0.5, 0.6) is 0 Å². The molecule has 2 aromatic carbocycles. The molecule has 0 N–H and O–H groups in total. The molecular weight excluding hydrogens is 356 g/mol. The molecule has 0 aliphatic carbocycles. The molecule has 1 aliphatic heterocycles. The summed E-state index contributed by atoms with van der Waals surface area (Å²) in [6.07, 6.45) is 0.593. The lowest BCUT2D eigenvalue weighted by Crippen LogP contribution is -2.35. The van der Waals surface area contributed by atoms with Crippen molar-refractivity contribution in [1.29, 1.82) is 0 Å². The fourth-order valence-corrected chi connectivity index (χ4v) is 4.19. The van der Waals surface area contributed by atoms with E-state index in [0.29, 0.717) is 37.4 Å². The minimum absolute atomic E-state index is 0.0263. The molecule has 6 heteroatoms. The second-order valence-corrected chi connectivity index (χ2v) is 7.48. The lowest BCUT2D eigenvalue weighted by Gasteiger charge is -2.20. The average molecular weight is 377 g/mol. The zero-order valence-corrected chi connectivity index (χ0v) is 15.2. The van der Waals surface area contributed by atoms with E-state index in [1.807, 2.05) is 30.3 Å². The van der Waals surface area contributed by atoms with E-state index in [9.17, 15) is 13.6 Å². The number of carbonyl (C=O) groups excluding carboxylic acids is 1. The SMILES string of the molecule is O=C(COCc1ccccc1)N1CCSC(c2cc(F)ccc2F)CC1. The van der Waals surface area contributed by atoms with Gasteiger partial charge in [0, 0.05) is 29.7 Å². The zero-order chi connectivity index (χ0) is 18.4. The van der Waals surface area contributed by atoms with Crippen molar-refractivity contribution in [3.8, 4) is 0 Å². The standard InChI is InChI=1S/C20H21F2NO2S/c21-16-6-7-18(22)17(12-16)19-8-9-23(10-11-26-19)20(24)14-25-13-15-4-2-1-3-5-15/h1-7,12,19H,8-11,13-14H2. The van der Waals surface area contributed by atoms with E-state index in [0.717, 1.165) is 17.7 Å². The Bertz CT molecular complexity index is 742. The smallest absolute Gasteiger partial charge is 0.248 e. The predicted molar refractivity (Wildman–Crippen MR) is 98.9 cm³/mol. The molecule has 0 radical (unpaired) electrons. The maximum atomic E-state index is 14.0. The third kappa shape index (κ3) is 5.05. The monoisotopic (exact) mass is 377 g/mol. The molecule has 138 valence electrons. The van der Waals surface area contributed by atoms with Crippen molar-refractivity contribution in [2.24, 2.45) is 0 Å². The van der Waals surface area contributed by atoms with Crippen molar-refractivity contribution in [3.05, 3.63) is 71.3 Å². The van der Waals surface area contributed by atoms with E-state index in [2.05, 4.69) is 0 Å². The van der Waals surface area contributed by atoms with Crippen molar-refractivity contribution < 1.29 is 18.3 Å². The van der Waals surface area contributed by atoms with Crippen LogP contribution in [0.25, 0.3) is 0 Å². The highest BCUT2D eigenvalue weighted by atomic mass is 32.2. The number of hydrogen-bond donors (Lipinski definition) is 0. The third-order valence-corrected chi connectivity index (χ3v) is 5.65. The van der Waals surface area contributed by atoms with Gasteiger partial charge in [0.05, 0.1) is 6.61 Å². The molecule has 1 saturated heterocycles. The lowest BCUT2D eigenvalue weighted by atomic mass is 10.1. The molecule has 1 amide bonds. The van der Waals surface area contributed by atoms with Crippen molar-refractivity contribution in [2.75, 3.05) is 25.4 Å². The number of thioether (sulfide) groups is 1. The van der Waals surface area contributed by atoms with Gasteiger partial charge in [-0.2, -0.15) is 11.8 Å². The Kier molecular flexibility index (Phi) is 6.63. The first-order valence-electron chi connectivity index (χ1n) is 8.59. The second-order valence-electron chi connectivity index (χ2n) is 6.17. The molecule has 1 atom stereocenters. The van der Waals surface area contributed by atoms with Gasteiger partial charge in [-0.15, -0.1) is 0 Å². The van der Waals surface area contributed by atoms with Crippen LogP contribution in [0.4, 0.5) is 8.78 Å². The van der Waals surface area contributed by atoms with E-state index in [1.165, 1.54) is 6.07 Å². The van der Waals surface area contributed by atoms with Gasteiger partial charge >= 0.3 is 0 Å². The topological polar surface area (TPSA) is 29.5 Å². The van der Waals surface area contributed by atoms with Crippen LogP contribution in [0.2, 0.25) is 0 Å². The van der Waals surface area contributed by atoms with Gasteiger partial charge in [-0.05, 0) is 30.2 Å². The number of ether oxygens (including phenoxy) is 1. The summed E-state index contributed by atoms with van der Waals surface area (Å²) < 4.78 is 32.9. The summed E-state index contributed by atoms with van der Waals surface area (Å²) in [4.78, 5) is 14.1. The van der Waals surface area contributed by atoms with Gasteiger partial charge in [0.2, 0.25) is 5.91 Å². The van der Waals surface area contributed by atoms with Crippen LogP contribution in [0.1, 0.15) is 22.8 Å². The van der Waals surface area contributed by atoms with Crippen molar-refractivity contribution >= 4 is 17.7 Å². The van der Waals surface area contributed by atoms with Gasteiger partial charge < -0.3 is 9.64 Å². The van der Waals surface area contributed by atoms with Crippen LogP contribution < -0.4 is 0 Å². The summed E-state index contributed by atoms with van der Waals surface area (Å²) in [6, 6.07) is 13.2. The van der Waals surface area contributed by atoms with Crippen LogP contribution in [0.15, 0.2) is 48.5 Å². The molecular formula is C20H21F2NO2S. The van der Waals surface area contributed by atoms with Crippen LogP contribution in [-0.4, -0.2) is 36.3 Å². The first-order chi connectivity index (χ1) is 12.6. The minimum atomic E-state index is -0.437. The van der Waals surface area contributed by atoms with Crippen LogP contribution in [-0.2, 0) is 16.1 Å². The molecule has 3 nitrogen and oxygen atoms in total. The Morgan fingerprint density at radius 2 is 1.96 bits per heavy atom. The molecule has 1 unspecified atom stereocenters. The largest absolute Gasteiger partial charge is 0.367 e. The molecule has 0 saturated carbocycles. The molecule has 3 rings (SSSR count). The van der Waals surface area contributed by atoms with E-state index in [1.54, 1.807) is 16.7 Å². The van der Waals surface area contributed by atoms with Crippen molar-refractivity contribution in [1.82, 2.24) is 4.90 Å². The molecule has 0 spiro atoms. The highest BCUT2D eigenvalue weighted by Gasteiger charge is 2.24. The summed E-state index contributed by atoms with van der Waals surface area (Å²) in [6.45, 7) is 1.53. The molecule has 0 bridgehead atoms. The highest BCUT2D eigenvalue weighted by molar-refractivity contribution is 7.99. The maximum Gasteiger partial charge on any atom is 0.248 e. The average Bonchev–Trinajstić information content (AvgIpc) is 2.91. The van der Waals surface area contributed by atoms with E-state index < -0.39 is 11.6 Å². The van der Waals surface area contributed by atoms with Gasteiger partial charge in [0.1, 0.15) is 18.2 Å². The predicted octanol–water partition coefficient (Wildman–Crippen LogP) is 4.19. The van der Waals surface area contributed by atoms with Crippen LogP contribution >= 0.6 is 11.8 Å². The number of amides is 1. The Hall–Kier alpha value is -1.92. The summed E-state index contributed by atoms with van der Waals surface area (Å²) in [5.41, 5.74) is 1.40. The molecule has 26 heavy (non-hydrogen) atoms. The lowest BCUT2D eigenvalue weighted by molar-refractivity contribution is -0.136. The number of carbonyl (C=O) groups is 1. The maximum absolute atomic E-state index is 14.0. The normalized spacial score (nSPS) is 17.8. The first-order valence-corrected chi connectivity index (χ1v) is 9.64. The zero-order valence-electron chi connectivity index (χ0n) is 14.4. The van der Waals surface area contributed by atoms with Crippen molar-refractivity contribution in [2.45, 2.75) is 18.3 Å². The highest BCUT2D eigenvalue weighted by Crippen LogP contribution is 2.36. The Labute approximate surface area is 156 Å². The van der Waals surface area contributed by atoms with E-state index in [-0.39, 0.29) is 17.8 Å². The number of rotatable bonds is 5. The number of benzene rings is 2. The van der Waals surface area contributed by atoms with Gasteiger partial charge in [-0.25, -0.2) is 8.78 Å². The molecule has 0 aromatic heterocycles. The van der Waals surface area contributed by atoms with Crippen molar-refractivity contribution in [3.63, 3.8) is 0 Å². The van der Waals surface area contributed by atoms with E-state index in [4.69, 9.17) is 4.74 Å². The quantitative estimate of drug-likeness (QED) is 0.783. The van der Waals surface area contributed by atoms with Gasteiger partial charge in [-0.1, -0.05) is 30.3 Å². The van der Waals surface area contributed by atoms with Gasteiger partial charge in [-0.3, -0.25) is 4.79 Å². The summed E-state index contributed by atoms with van der Waals surface area (Å²) in [5, 5.41) is -0.145. The van der Waals surface area contributed by atoms with Crippen LogP contribution in [0, 0.1) is 11.6 Å². The molecule has 1 heterocycles. The van der Waals surface area contributed by atoms with Gasteiger partial charge in [0.25, 0.3) is 0 Å². The Morgan fingerprint density at radius 1 is 1.15 bits per heavy atom. The molecule has 2 aromatic rings. The third-order valence-electron chi connectivity index (χ3n) is 4.34. The Balaban J connectivity index is 1.51. The fourth-order valence-electron chi connectivity index (χ4n) is 2.95. The summed E-state index contributed by atoms with van der Waals surface area (Å²) in [7, 11) is 0. The minimum Gasteiger partial charge on any atom is -0.367 e. The van der Waals surface area contributed by atoms with Gasteiger partial charge in [0.15, 0.2) is 0 Å². The summed E-state index contributed by atoms with van der Waals surface area (Å²) in [5.74, 6) is -0.212.